The number of ether oxygens (including phenoxy) is 1. The minimum absolute atomic E-state index is 0.0494. The second-order valence-electron chi connectivity index (χ2n) is 4.72. The van der Waals surface area contributed by atoms with Gasteiger partial charge in [0.25, 0.3) is 0 Å². The Bertz CT molecular complexity index is 320. The summed E-state index contributed by atoms with van der Waals surface area (Å²) in [6.07, 6.45) is 4.52. The molecule has 0 aliphatic heterocycles. The van der Waals surface area contributed by atoms with E-state index in [0.717, 1.165) is 25.7 Å². The summed E-state index contributed by atoms with van der Waals surface area (Å²) in [5.74, 6) is 6.00. The van der Waals surface area contributed by atoms with Crippen LogP contribution in [0.4, 0.5) is 0 Å². The Morgan fingerprint density at radius 1 is 1.47 bits per heavy atom. The van der Waals surface area contributed by atoms with Gasteiger partial charge in [-0.1, -0.05) is 6.92 Å². The Labute approximate surface area is 104 Å². The average molecular weight is 264 g/mol. The monoisotopic (exact) mass is 264 g/mol. The molecule has 1 fully saturated rings. The van der Waals surface area contributed by atoms with Gasteiger partial charge in [0, 0.05) is 12.9 Å². The molecule has 1 unspecified atom stereocenters. The zero-order valence-electron chi connectivity index (χ0n) is 10.7. The average Bonchev–Trinajstić information content (AvgIpc) is 2.26. The molecule has 0 aromatic heterocycles. The molecule has 1 aliphatic rings. The summed E-state index contributed by atoms with van der Waals surface area (Å²) in [6.45, 7) is 1.68. The third kappa shape index (κ3) is 3.64. The molecule has 1 atom stereocenters. The first kappa shape index (κ1) is 14.9. The number of hydrogen-bond donors (Lipinski definition) is 2. The molecule has 0 radical (unpaired) electrons. The highest BCUT2D eigenvalue weighted by Crippen LogP contribution is 2.39. The lowest BCUT2D eigenvalue weighted by atomic mass is 9.73. The van der Waals surface area contributed by atoms with Crippen molar-refractivity contribution in [3.63, 3.8) is 0 Å². The molecule has 0 bridgehead atoms. The van der Waals surface area contributed by atoms with Crippen molar-refractivity contribution in [1.82, 2.24) is 5.43 Å². The van der Waals surface area contributed by atoms with Crippen LogP contribution in [0.1, 0.15) is 39.0 Å². The van der Waals surface area contributed by atoms with E-state index in [4.69, 9.17) is 10.6 Å². The quantitative estimate of drug-likeness (QED) is 0.496. The number of methoxy groups -OCH3 is 1. The van der Waals surface area contributed by atoms with Crippen molar-refractivity contribution >= 4 is 9.84 Å². The molecule has 0 aromatic carbocycles. The molecule has 0 saturated heterocycles. The van der Waals surface area contributed by atoms with E-state index in [0.29, 0.717) is 6.42 Å². The fourth-order valence-corrected chi connectivity index (χ4v) is 3.27. The van der Waals surface area contributed by atoms with Crippen molar-refractivity contribution < 1.29 is 13.2 Å². The van der Waals surface area contributed by atoms with Gasteiger partial charge in [-0.15, -0.1) is 0 Å². The van der Waals surface area contributed by atoms with Crippen molar-refractivity contribution in [1.29, 1.82) is 0 Å². The number of rotatable bonds is 8. The first-order valence-corrected chi connectivity index (χ1v) is 8.03. The SMILES string of the molecule is CCS(=O)(=O)CCCC(NN)C1(OC)CCC1. The van der Waals surface area contributed by atoms with E-state index >= 15 is 0 Å². The van der Waals surface area contributed by atoms with Crippen LogP contribution in [0, 0.1) is 0 Å². The van der Waals surface area contributed by atoms with Crippen molar-refractivity contribution in [3.8, 4) is 0 Å². The van der Waals surface area contributed by atoms with Crippen LogP contribution in [0.3, 0.4) is 0 Å². The molecule has 0 spiro atoms. The van der Waals surface area contributed by atoms with Gasteiger partial charge in [-0.05, 0) is 32.1 Å². The third-order valence-corrected chi connectivity index (χ3v) is 5.62. The molecule has 1 aliphatic carbocycles. The third-order valence-electron chi connectivity index (χ3n) is 3.83. The normalized spacial score (nSPS) is 20.9. The van der Waals surface area contributed by atoms with Gasteiger partial charge in [-0.3, -0.25) is 11.3 Å². The Kier molecular flexibility index (Phi) is 5.37. The number of nitrogens with two attached hydrogens (primary N) is 1. The van der Waals surface area contributed by atoms with E-state index in [1.807, 2.05) is 0 Å². The van der Waals surface area contributed by atoms with Gasteiger partial charge in [-0.2, -0.15) is 0 Å². The molecule has 102 valence electrons. The first-order chi connectivity index (χ1) is 7.99. The highest BCUT2D eigenvalue weighted by molar-refractivity contribution is 7.91. The molecule has 0 heterocycles. The van der Waals surface area contributed by atoms with E-state index in [-0.39, 0.29) is 23.1 Å². The van der Waals surface area contributed by atoms with Crippen molar-refractivity contribution in [3.05, 3.63) is 0 Å². The molecule has 3 N–H and O–H groups in total. The van der Waals surface area contributed by atoms with Gasteiger partial charge in [0.2, 0.25) is 0 Å². The van der Waals surface area contributed by atoms with Gasteiger partial charge in [-0.25, -0.2) is 8.42 Å². The van der Waals surface area contributed by atoms with E-state index in [1.165, 1.54) is 0 Å². The molecule has 6 heteroatoms. The van der Waals surface area contributed by atoms with E-state index in [2.05, 4.69) is 5.43 Å². The largest absolute Gasteiger partial charge is 0.377 e. The van der Waals surface area contributed by atoms with Crippen LogP contribution in [0.15, 0.2) is 0 Å². The smallest absolute Gasteiger partial charge is 0.150 e. The van der Waals surface area contributed by atoms with Crippen LogP contribution in [0.2, 0.25) is 0 Å². The Balaban J connectivity index is 2.43. The summed E-state index contributed by atoms with van der Waals surface area (Å²) in [5, 5.41) is 0. The van der Waals surface area contributed by atoms with E-state index < -0.39 is 9.84 Å². The van der Waals surface area contributed by atoms with Crippen molar-refractivity contribution in [2.75, 3.05) is 18.6 Å². The number of hydrazine groups is 1. The molecule has 1 rings (SSSR count). The Morgan fingerprint density at radius 3 is 2.47 bits per heavy atom. The summed E-state index contributed by atoms with van der Waals surface area (Å²) < 4.78 is 28.3. The maximum absolute atomic E-state index is 11.4. The summed E-state index contributed by atoms with van der Waals surface area (Å²) in [4.78, 5) is 0. The second kappa shape index (κ2) is 6.13. The second-order valence-corrected chi connectivity index (χ2v) is 7.19. The van der Waals surface area contributed by atoms with Crippen LogP contribution in [0.5, 0.6) is 0 Å². The lowest BCUT2D eigenvalue weighted by Crippen LogP contribution is -2.58. The van der Waals surface area contributed by atoms with Gasteiger partial charge in [0.1, 0.15) is 9.84 Å². The first-order valence-electron chi connectivity index (χ1n) is 6.21. The standard InChI is InChI=1S/C11H24N2O3S/c1-3-17(14,15)9-4-6-10(13-12)11(16-2)7-5-8-11/h10,13H,3-9,12H2,1-2H3. The number of nitrogens with one attached hydrogen (secondary N) is 1. The predicted octanol–water partition coefficient (Wildman–Crippen LogP) is 0.602. The van der Waals surface area contributed by atoms with Crippen LogP contribution in [-0.2, 0) is 14.6 Å². The van der Waals surface area contributed by atoms with Crippen molar-refractivity contribution in [2.45, 2.75) is 50.7 Å². The summed E-state index contributed by atoms with van der Waals surface area (Å²) in [5.41, 5.74) is 2.60. The molecular formula is C11H24N2O3S. The highest BCUT2D eigenvalue weighted by Gasteiger charge is 2.43. The fourth-order valence-electron chi connectivity index (χ4n) is 2.37. The minimum Gasteiger partial charge on any atom is -0.377 e. The molecule has 0 amide bonds. The minimum atomic E-state index is -2.87. The zero-order chi connectivity index (χ0) is 12.9. The van der Waals surface area contributed by atoms with Gasteiger partial charge in [0.05, 0.1) is 17.4 Å². The van der Waals surface area contributed by atoms with Crippen LogP contribution in [0.25, 0.3) is 0 Å². The molecule has 0 aromatic rings. The van der Waals surface area contributed by atoms with Gasteiger partial charge in [0.15, 0.2) is 0 Å². The van der Waals surface area contributed by atoms with Gasteiger partial charge >= 0.3 is 0 Å². The summed E-state index contributed by atoms with van der Waals surface area (Å²) in [7, 11) is -1.17. The maximum atomic E-state index is 11.4. The van der Waals surface area contributed by atoms with Crippen LogP contribution < -0.4 is 11.3 Å². The predicted molar refractivity (Wildman–Crippen MR) is 68.3 cm³/mol. The molecular weight excluding hydrogens is 240 g/mol. The van der Waals surface area contributed by atoms with Crippen LogP contribution in [-0.4, -0.2) is 38.7 Å². The lowest BCUT2D eigenvalue weighted by molar-refractivity contribution is -0.100. The Hall–Kier alpha value is -0.170. The summed E-state index contributed by atoms with van der Waals surface area (Å²) >= 11 is 0. The fraction of sp³-hybridized carbons (Fsp3) is 1.00. The topological polar surface area (TPSA) is 81.4 Å². The summed E-state index contributed by atoms with van der Waals surface area (Å²) in [6, 6.07) is 0.0494. The number of hydrogen-bond acceptors (Lipinski definition) is 5. The van der Waals surface area contributed by atoms with E-state index in [1.54, 1.807) is 14.0 Å². The van der Waals surface area contributed by atoms with Gasteiger partial charge < -0.3 is 4.74 Å². The maximum Gasteiger partial charge on any atom is 0.150 e. The highest BCUT2D eigenvalue weighted by atomic mass is 32.2. The Morgan fingerprint density at radius 2 is 2.12 bits per heavy atom. The van der Waals surface area contributed by atoms with Crippen molar-refractivity contribution in [2.24, 2.45) is 5.84 Å². The zero-order valence-corrected chi connectivity index (χ0v) is 11.6. The molecule has 17 heavy (non-hydrogen) atoms. The lowest BCUT2D eigenvalue weighted by Gasteiger charge is -2.46. The molecule has 1 saturated carbocycles. The van der Waals surface area contributed by atoms with E-state index in [9.17, 15) is 8.42 Å². The molecule has 5 nitrogen and oxygen atoms in total. The van der Waals surface area contributed by atoms with Crippen LogP contribution >= 0.6 is 0 Å². The number of sulfone groups is 1.